The highest BCUT2D eigenvalue weighted by molar-refractivity contribution is 5.47. The van der Waals surface area contributed by atoms with Crippen molar-refractivity contribution in [1.29, 1.82) is 0 Å². The first-order chi connectivity index (χ1) is 28.9. The molecule has 0 atom stereocenters. The summed E-state index contributed by atoms with van der Waals surface area (Å²) in [6.07, 6.45) is 7.33. The highest BCUT2D eigenvalue weighted by Gasteiger charge is 2.58. The van der Waals surface area contributed by atoms with Crippen LogP contribution in [0.2, 0.25) is 0 Å². The Labute approximate surface area is 371 Å². The predicted molar refractivity (Wildman–Crippen MR) is 263 cm³/mol. The summed E-state index contributed by atoms with van der Waals surface area (Å²) in [5.41, 5.74) is 17.2. The highest BCUT2D eigenvalue weighted by atomic mass is 14.6. The molecule has 4 bridgehead atoms. The molecular formula is C61H74. The lowest BCUT2D eigenvalue weighted by Crippen LogP contribution is -2.56. The average Bonchev–Trinajstić information content (AvgIpc) is 3.22. The maximum absolute atomic E-state index is 2.44. The van der Waals surface area contributed by atoms with E-state index in [1.165, 1.54) is 87.7 Å². The van der Waals surface area contributed by atoms with Crippen LogP contribution < -0.4 is 0 Å². The second-order valence-corrected chi connectivity index (χ2v) is 21.6. The molecule has 0 heteroatoms. The van der Waals surface area contributed by atoms with E-state index in [9.17, 15) is 0 Å². The van der Waals surface area contributed by atoms with Gasteiger partial charge < -0.3 is 0 Å². The van der Waals surface area contributed by atoms with E-state index in [1.54, 1.807) is 11.1 Å². The zero-order chi connectivity index (χ0) is 43.7. The van der Waals surface area contributed by atoms with Crippen molar-refractivity contribution in [2.45, 2.75) is 137 Å². The van der Waals surface area contributed by atoms with Crippen LogP contribution >= 0.6 is 0 Å². The van der Waals surface area contributed by atoms with E-state index in [2.05, 4.69) is 229 Å². The van der Waals surface area contributed by atoms with Gasteiger partial charge in [-0.05, 0) is 135 Å². The molecule has 0 nitrogen and oxygen atoms in total. The summed E-state index contributed by atoms with van der Waals surface area (Å²) < 4.78 is 0. The number of hydrogen-bond donors (Lipinski definition) is 0. The van der Waals surface area contributed by atoms with Crippen molar-refractivity contribution in [3.8, 4) is 0 Å². The normalized spacial score (nSPS) is 20.3. The van der Waals surface area contributed by atoms with Crippen molar-refractivity contribution in [3.05, 3.63) is 212 Å². The topological polar surface area (TPSA) is 0 Å². The fourth-order valence-electron chi connectivity index (χ4n) is 11.3. The van der Waals surface area contributed by atoms with Gasteiger partial charge in [0, 0.05) is 16.2 Å². The van der Waals surface area contributed by atoms with E-state index < -0.39 is 0 Å². The van der Waals surface area contributed by atoms with Crippen molar-refractivity contribution in [2.24, 2.45) is 23.7 Å². The smallest absolute Gasteiger partial charge is 0.0259 e. The van der Waals surface area contributed by atoms with Gasteiger partial charge in [0.05, 0.1) is 0 Å². The van der Waals surface area contributed by atoms with Crippen LogP contribution in [0.3, 0.4) is 0 Å². The lowest BCUT2D eigenvalue weighted by atomic mass is 9.42. The molecule has 318 valence electrons. The van der Waals surface area contributed by atoms with Crippen molar-refractivity contribution in [1.82, 2.24) is 0 Å². The van der Waals surface area contributed by atoms with E-state index in [1.807, 2.05) is 0 Å². The van der Waals surface area contributed by atoms with Gasteiger partial charge in [0.15, 0.2) is 0 Å². The van der Waals surface area contributed by atoms with Crippen LogP contribution in [-0.2, 0) is 21.7 Å². The Balaban J connectivity index is 0.000000149. The second kappa shape index (κ2) is 17.6. The van der Waals surface area contributed by atoms with Gasteiger partial charge in [-0.15, -0.1) is 0 Å². The Morgan fingerprint density at radius 3 is 0.951 bits per heavy atom. The molecule has 0 spiro atoms. The van der Waals surface area contributed by atoms with Gasteiger partial charge in [-0.1, -0.05) is 222 Å². The van der Waals surface area contributed by atoms with E-state index in [0.29, 0.717) is 0 Å². The summed E-state index contributed by atoms with van der Waals surface area (Å²) in [6, 6.07) is 54.8. The van der Waals surface area contributed by atoms with Gasteiger partial charge in [0.1, 0.15) is 0 Å². The van der Waals surface area contributed by atoms with Crippen LogP contribution in [0.15, 0.2) is 146 Å². The maximum atomic E-state index is 2.44. The lowest BCUT2D eigenvalue weighted by molar-refractivity contribution is -0.0418. The third-order valence-corrected chi connectivity index (χ3v) is 15.3. The maximum Gasteiger partial charge on any atom is 0.0259 e. The monoisotopic (exact) mass is 807 g/mol. The minimum Gasteiger partial charge on any atom is -0.0617 e. The van der Waals surface area contributed by atoms with Gasteiger partial charge in [-0.25, -0.2) is 0 Å². The summed E-state index contributed by atoms with van der Waals surface area (Å²) >= 11 is 0. The Morgan fingerprint density at radius 1 is 0.344 bits per heavy atom. The molecule has 10 rings (SSSR count). The molecule has 4 aliphatic carbocycles. The number of benzene rings is 6. The van der Waals surface area contributed by atoms with Crippen molar-refractivity contribution in [2.75, 3.05) is 0 Å². The van der Waals surface area contributed by atoms with Gasteiger partial charge in [0.2, 0.25) is 0 Å². The minimum absolute atomic E-state index is 0.0208. The first-order valence-electron chi connectivity index (χ1n) is 23.3. The van der Waals surface area contributed by atoms with Gasteiger partial charge in [0.25, 0.3) is 0 Å². The fourth-order valence-corrected chi connectivity index (χ4v) is 11.3. The summed E-state index contributed by atoms with van der Waals surface area (Å²) in [4.78, 5) is 0. The molecule has 6 aromatic carbocycles. The van der Waals surface area contributed by atoms with Crippen LogP contribution in [0.1, 0.15) is 147 Å². The molecule has 61 heavy (non-hydrogen) atoms. The third kappa shape index (κ3) is 9.40. The van der Waals surface area contributed by atoms with Crippen molar-refractivity contribution < 1.29 is 0 Å². The lowest BCUT2D eigenvalue weighted by Gasteiger charge is -2.62. The molecule has 0 aromatic heterocycles. The zero-order valence-electron chi connectivity index (χ0n) is 39.7. The van der Waals surface area contributed by atoms with Crippen LogP contribution in [0, 0.1) is 58.3 Å². The molecule has 4 fully saturated rings. The summed E-state index contributed by atoms with van der Waals surface area (Å²) in [7, 11) is 0. The number of hydrogen-bond acceptors (Lipinski definition) is 0. The standard InChI is InChI=1S/C26H30.C24H28.C11H16/c1-19-10-14-21(15-11-19)25(3,4)23-8-7-9-24(18-23)26(5,6)22-16-12-20(2)13-17-22;1-16-3-7-20(8-4-16)24(21-9-5-17(2)6-10-21)22-12-18-11-19(14-22)15-23(24)13-18;1-9-5-7-10(8-6-9)11(2,3)4/h7-18H,1-6H3;3-10,18-19,22-23H,11-15H2,1-2H3;5-8H,1-4H3. The average molecular weight is 807 g/mol. The molecule has 0 unspecified atom stereocenters. The largest absolute Gasteiger partial charge is 0.0617 e. The molecular weight excluding hydrogens is 733 g/mol. The van der Waals surface area contributed by atoms with Crippen molar-refractivity contribution in [3.63, 3.8) is 0 Å². The van der Waals surface area contributed by atoms with Crippen LogP contribution in [0.4, 0.5) is 0 Å². The molecule has 0 N–H and O–H groups in total. The molecule has 6 aromatic rings. The van der Waals surface area contributed by atoms with E-state index in [-0.39, 0.29) is 21.7 Å². The Bertz CT molecular complexity index is 2190. The summed E-state index contributed by atoms with van der Waals surface area (Å²) in [6.45, 7) is 26.8. The number of aryl methyl sites for hydroxylation is 5. The first-order valence-corrected chi connectivity index (χ1v) is 23.3. The SMILES string of the molecule is Cc1ccc(C(C)(C)C)cc1.Cc1ccc(C(C)(C)c2cccc(C(C)(C)c3ccc(C)cc3)c2)cc1.Cc1ccc(C2(c3ccc(C)cc3)C3CC4CC(C3)CC2C4)cc1. The minimum atomic E-state index is -0.0208. The highest BCUT2D eigenvalue weighted by Crippen LogP contribution is 2.65. The molecule has 0 amide bonds. The third-order valence-electron chi connectivity index (χ3n) is 15.3. The second-order valence-electron chi connectivity index (χ2n) is 21.6. The predicted octanol–water partition coefficient (Wildman–Crippen LogP) is 16.3. The fraction of sp³-hybridized carbons (Fsp3) is 0.410. The molecule has 4 aliphatic rings. The van der Waals surface area contributed by atoms with Crippen LogP contribution in [0.25, 0.3) is 0 Å². The van der Waals surface area contributed by atoms with E-state index in [0.717, 1.165) is 23.7 Å². The molecule has 0 heterocycles. The number of rotatable bonds is 6. The quantitative estimate of drug-likeness (QED) is 0.157. The van der Waals surface area contributed by atoms with E-state index in [4.69, 9.17) is 0 Å². The summed E-state index contributed by atoms with van der Waals surface area (Å²) in [5.74, 6) is 3.71. The van der Waals surface area contributed by atoms with Crippen LogP contribution in [0.5, 0.6) is 0 Å². The first kappa shape index (κ1) is 44.4. The van der Waals surface area contributed by atoms with Gasteiger partial charge in [-0.2, -0.15) is 0 Å². The Hall–Kier alpha value is -4.68. The van der Waals surface area contributed by atoms with Crippen LogP contribution in [-0.4, -0.2) is 0 Å². The molecule has 4 saturated carbocycles. The van der Waals surface area contributed by atoms with Crippen molar-refractivity contribution >= 4 is 0 Å². The van der Waals surface area contributed by atoms with Gasteiger partial charge in [-0.3, -0.25) is 0 Å². The molecule has 0 aliphatic heterocycles. The Kier molecular flexibility index (Phi) is 12.8. The molecule has 0 saturated heterocycles. The summed E-state index contributed by atoms with van der Waals surface area (Å²) in [5, 5.41) is 0. The zero-order valence-corrected chi connectivity index (χ0v) is 39.7. The van der Waals surface area contributed by atoms with Gasteiger partial charge >= 0.3 is 0 Å². The molecule has 0 radical (unpaired) electrons. The van der Waals surface area contributed by atoms with E-state index >= 15 is 0 Å². The Morgan fingerprint density at radius 2 is 0.639 bits per heavy atom.